The molecule has 0 aromatic heterocycles. The molecule has 2 aromatic rings. The summed E-state index contributed by atoms with van der Waals surface area (Å²) < 4.78 is 5.41. The van der Waals surface area contributed by atoms with Crippen molar-refractivity contribution < 1.29 is 9.53 Å². The molecule has 4 heteroatoms. The third kappa shape index (κ3) is 2.46. The zero-order valence-electron chi connectivity index (χ0n) is 12.7. The number of benzene rings is 2. The van der Waals surface area contributed by atoms with Crippen LogP contribution in [0.3, 0.4) is 0 Å². The van der Waals surface area contributed by atoms with E-state index in [1.807, 2.05) is 49.4 Å². The maximum Gasteiger partial charge on any atom is 0.235 e. The van der Waals surface area contributed by atoms with Crippen LogP contribution in [0.1, 0.15) is 24.0 Å². The zero-order valence-corrected chi connectivity index (χ0v) is 13.4. The number of amides is 1. The van der Waals surface area contributed by atoms with E-state index in [1.54, 1.807) is 7.11 Å². The molecule has 0 saturated heterocycles. The van der Waals surface area contributed by atoms with E-state index in [2.05, 4.69) is 5.32 Å². The second kappa shape index (κ2) is 5.65. The predicted molar refractivity (Wildman–Crippen MR) is 88.7 cm³/mol. The maximum absolute atomic E-state index is 12.8. The third-order valence-corrected chi connectivity index (χ3v) is 4.73. The van der Waals surface area contributed by atoms with E-state index in [4.69, 9.17) is 16.3 Å². The Morgan fingerprint density at radius 3 is 2.59 bits per heavy atom. The van der Waals surface area contributed by atoms with E-state index in [1.165, 1.54) is 0 Å². The molecule has 0 aliphatic heterocycles. The average molecular weight is 316 g/mol. The highest BCUT2D eigenvalue weighted by Gasteiger charge is 2.52. The first-order valence-electron chi connectivity index (χ1n) is 7.28. The lowest BCUT2D eigenvalue weighted by Gasteiger charge is -2.19. The van der Waals surface area contributed by atoms with Gasteiger partial charge in [0.15, 0.2) is 0 Å². The van der Waals surface area contributed by atoms with Crippen LogP contribution in [-0.2, 0) is 10.2 Å². The van der Waals surface area contributed by atoms with Crippen molar-refractivity contribution in [3.8, 4) is 5.75 Å². The molecule has 0 heterocycles. The highest BCUT2D eigenvalue weighted by Crippen LogP contribution is 2.52. The Bertz CT molecular complexity index is 723. The zero-order chi connectivity index (χ0) is 15.7. The normalized spacial score (nSPS) is 15.2. The van der Waals surface area contributed by atoms with Gasteiger partial charge < -0.3 is 10.1 Å². The molecular weight excluding hydrogens is 298 g/mol. The minimum absolute atomic E-state index is 0.00219. The summed E-state index contributed by atoms with van der Waals surface area (Å²) in [7, 11) is 1.63. The number of halogens is 1. The molecule has 3 nitrogen and oxygen atoms in total. The summed E-state index contributed by atoms with van der Waals surface area (Å²) in [4.78, 5) is 12.8. The SMILES string of the molecule is COc1ccccc1C1(C(=O)Nc2cccc(Cl)c2C)CC1. The molecule has 0 bridgehead atoms. The number of nitrogens with one attached hydrogen (secondary N) is 1. The Labute approximate surface area is 135 Å². The summed E-state index contributed by atoms with van der Waals surface area (Å²) in [6.45, 7) is 1.90. The van der Waals surface area contributed by atoms with Crippen molar-refractivity contribution in [2.24, 2.45) is 0 Å². The first kappa shape index (κ1) is 14.9. The molecule has 1 aliphatic rings. The quantitative estimate of drug-likeness (QED) is 0.912. The van der Waals surface area contributed by atoms with E-state index < -0.39 is 5.41 Å². The van der Waals surface area contributed by atoms with Gasteiger partial charge in [0.05, 0.1) is 12.5 Å². The van der Waals surface area contributed by atoms with Crippen molar-refractivity contribution in [2.75, 3.05) is 12.4 Å². The van der Waals surface area contributed by atoms with Crippen molar-refractivity contribution in [3.63, 3.8) is 0 Å². The Morgan fingerprint density at radius 1 is 1.18 bits per heavy atom. The maximum atomic E-state index is 12.8. The number of ether oxygens (including phenoxy) is 1. The molecular formula is C18H18ClNO2. The van der Waals surface area contributed by atoms with Crippen molar-refractivity contribution in [1.29, 1.82) is 0 Å². The highest BCUT2D eigenvalue weighted by molar-refractivity contribution is 6.31. The topological polar surface area (TPSA) is 38.3 Å². The summed E-state index contributed by atoms with van der Waals surface area (Å²) in [5.74, 6) is 0.764. The van der Waals surface area contributed by atoms with E-state index in [0.29, 0.717) is 5.02 Å². The number of para-hydroxylation sites is 1. The van der Waals surface area contributed by atoms with Crippen LogP contribution in [0.25, 0.3) is 0 Å². The van der Waals surface area contributed by atoms with Crippen molar-refractivity contribution in [2.45, 2.75) is 25.2 Å². The van der Waals surface area contributed by atoms with E-state index >= 15 is 0 Å². The fraction of sp³-hybridized carbons (Fsp3) is 0.278. The molecule has 114 valence electrons. The Hall–Kier alpha value is -2.00. The lowest BCUT2D eigenvalue weighted by atomic mass is 9.93. The van der Waals surface area contributed by atoms with Crippen LogP contribution in [0.4, 0.5) is 5.69 Å². The van der Waals surface area contributed by atoms with Crippen LogP contribution >= 0.6 is 11.6 Å². The summed E-state index contributed by atoms with van der Waals surface area (Å²) >= 11 is 6.12. The molecule has 3 rings (SSSR count). The summed E-state index contributed by atoms with van der Waals surface area (Å²) in [5.41, 5.74) is 2.11. The number of methoxy groups -OCH3 is 1. The molecule has 22 heavy (non-hydrogen) atoms. The van der Waals surface area contributed by atoms with Gasteiger partial charge in [0, 0.05) is 16.3 Å². The standard InChI is InChI=1S/C18H18ClNO2/c1-12-14(19)7-5-8-15(12)20-17(21)18(10-11-18)13-6-3-4-9-16(13)22-2/h3-9H,10-11H2,1-2H3,(H,20,21). The van der Waals surface area contributed by atoms with Crippen molar-refractivity contribution in [3.05, 3.63) is 58.6 Å². The fourth-order valence-corrected chi connectivity index (χ4v) is 2.94. The second-order valence-corrected chi connectivity index (χ2v) is 6.06. The number of rotatable bonds is 4. The number of carbonyl (C=O) groups excluding carboxylic acids is 1. The van der Waals surface area contributed by atoms with E-state index in [0.717, 1.165) is 35.4 Å². The van der Waals surface area contributed by atoms with Gasteiger partial charge in [0.1, 0.15) is 5.75 Å². The Morgan fingerprint density at radius 2 is 1.91 bits per heavy atom. The Balaban J connectivity index is 1.90. The average Bonchev–Trinajstić information content (AvgIpc) is 3.33. The molecule has 0 unspecified atom stereocenters. The van der Waals surface area contributed by atoms with Crippen molar-refractivity contribution >= 4 is 23.2 Å². The van der Waals surface area contributed by atoms with Crippen LogP contribution in [0.2, 0.25) is 5.02 Å². The smallest absolute Gasteiger partial charge is 0.235 e. The first-order chi connectivity index (χ1) is 10.6. The number of hydrogen-bond donors (Lipinski definition) is 1. The van der Waals surface area contributed by atoms with Crippen LogP contribution in [0, 0.1) is 6.92 Å². The molecule has 2 aromatic carbocycles. The number of carbonyl (C=O) groups is 1. The third-order valence-electron chi connectivity index (χ3n) is 4.32. The lowest BCUT2D eigenvalue weighted by molar-refractivity contribution is -0.118. The van der Waals surface area contributed by atoms with Gasteiger partial charge in [0.25, 0.3) is 0 Å². The van der Waals surface area contributed by atoms with E-state index in [-0.39, 0.29) is 5.91 Å². The lowest BCUT2D eigenvalue weighted by Crippen LogP contribution is -2.28. The van der Waals surface area contributed by atoms with Gasteiger partial charge in [-0.15, -0.1) is 0 Å². The molecule has 1 fully saturated rings. The van der Waals surface area contributed by atoms with Gasteiger partial charge in [0.2, 0.25) is 5.91 Å². The first-order valence-corrected chi connectivity index (χ1v) is 7.66. The molecule has 0 radical (unpaired) electrons. The summed E-state index contributed by atoms with van der Waals surface area (Å²) in [5, 5.41) is 3.68. The van der Waals surface area contributed by atoms with Gasteiger partial charge >= 0.3 is 0 Å². The molecule has 1 N–H and O–H groups in total. The van der Waals surface area contributed by atoms with Crippen molar-refractivity contribution in [1.82, 2.24) is 0 Å². The minimum Gasteiger partial charge on any atom is -0.496 e. The van der Waals surface area contributed by atoms with E-state index in [9.17, 15) is 4.79 Å². The van der Waals surface area contributed by atoms with Crippen LogP contribution in [0.15, 0.2) is 42.5 Å². The molecule has 1 aliphatic carbocycles. The van der Waals surface area contributed by atoms with Gasteiger partial charge in [-0.1, -0.05) is 35.9 Å². The van der Waals surface area contributed by atoms with Crippen LogP contribution in [-0.4, -0.2) is 13.0 Å². The second-order valence-electron chi connectivity index (χ2n) is 5.65. The largest absolute Gasteiger partial charge is 0.496 e. The number of hydrogen-bond acceptors (Lipinski definition) is 2. The molecule has 1 amide bonds. The Kier molecular flexibility index (Phi) is 3.83. The van der Waals surface area contributed by atoms with Gasteiger partial charge in [-0.3, -0.25) is 4.79 Å². The number of anilines is 1. The summed E-state index contributed by atoms with van der Waals surface area (Å²) in [6.07, 6.45) is 1.66. The summed E-state index contributed by atoms with van der Waals surface area (Å²) in [6, 6.07) is 13.3. The highest BCUT2D eigenvalue weighted by atomic mass is 35.5. The van der Waals surface area contributed by atoms with Gasteiger partial charge in [-0.05, 0) is 43.5 Å². The fourth-order valence-electron chi connectivity index (χ4n) is 2.77. The minimum atomic E-state index is -0.485. The van der Waals surface area contributed by atoms with Gasteiger partial charge in [-0.2, -0.15) is 0 Å². The van der Waals surface area contributed by atoms with Gasteiger partial charge in [-0.25, -0.2) is 0 Å². The molecule has 1 saturated carbocycles. The predicted octanol–water partition coefficient (Wildman–Crippen LogP) is 4.33. The van der Waals surface area contributed by atoms with Crippen LogP contribution in [0.5, 0.6) is 5.75 Å². The molecule has 0 spiro atoms. The van der Waals surface area contributed by atoms with Crippen LogP contribution < -0.4 is 10.1 Å². The molecule has 0 atom stereocenters. The monoisotopic (exact) mass is 315 g/mol.